The highest BCUT2D eigenvalue weighted by Crippen LogP contribution is 2.35. The number of hydrogen-bond donors (Lipinski definition) is 2. The Balaban J connectivity index is 1.90. The molecule has 1 heterocycles. The number of anilines is 2. The Bertz CT molecular complexity index is 642. The number of halogens is 2. The van der Waals surface area contributed by atoms with Gasteiger partial charge in [-0.05, 0) is 36.4 Å². The first-order valence-electron chi connectivity index (χ1n) is 5.76. The number of carbonyl (C=O) groups is 1. The van der Waals surface area contributed by atoms with E-state index in [-0.39, 0.29) is 11.7 Å². The molecule has 1 atom stereocenters. The van der Waals surface area contributed by atoms with Crippen LogP contribution in [0.15, 0.2) is 46.9 Å². The van der Waals surface area contributed by atoms with Gasteiger partial charge in [-0.15, -0.1) is 0 Å². The average Bonchev–Trinajstić information content (AvgIpc) is 2.68. The molecule has 19 heavy (non-hydrogen) atoms. The van der Waals surface area contributed by atoms with E-state index in [9.17, 15) is 9.18 Å². The van der Waals surface area contributed by atoms with Gasteiger partial charge in [-0.1, -0.05) is 22.0 Å². The first-order chi connectivity index (χ1) is 9.13. The molecular weight excluding hydrogens is 311 g/mol. The van der Waals surface area contributed by atoms with Crippen LogP contribution in [0.1, 0.15) is 11.6 Å². The Morgan fingerprint density at radius 1 is 1.16 bits per heavy atom. The summed E-state index contributed by atoms with van der Waals surface area (Å²) in [6.45, 7) is 0. The molecular formula is C14H10BrFN2O. The first kappa shape index (κ1) is 12.2. The molecule has 0 aliphatic carbocycles. The van der Waals surface area contributed by atoms with Gasteiger partial charge in [-0.3, -0.25) is 4.79 Å². The van der Waals surface area contributed by atoms with E-state index in [0.29, 0.717) is 5.69 Å². The smallest absolute Gasteiger partial charge is 0.251 e. The van der Waals surface area contributed by atoms with Gasteiger partial charge in [-0.2, -0.15) is 0 Å². The van der Waals surface area contributed by atoms with Crippen molar-refractivity contribution in [1.82, 2.24) is 0 Å². The zero-order valence-corrected chi connectivity index (χ0v) is 11.4. The maximum Gasteiger partial charge on any atom is 0.251 e. The molecule has 0 radical (unpaired) electrons. The quantitative estimate of drug-likeness (QED) is 0.886. The number of rotatable bonds is 2. The van der Waals surface area contributed by atoms with Crippen LogP contribution in [0.4, 0.5) is 15.8 Å². The van der Waals surface area contributed by atoms with Crippen molar-refractivity contribution in [1.29, 1.82) is 0 Å². The third-order valence-corrected chi connectivity index (χ3v) is 3.49. The summed E-state index contributed by atoms with van der Waals surface area (Å²) < 4.78 is 13.8. The van der Waals surface area contributed by atoms with Gasteiger partial charge in [0.2, 0.25) is 0 Å². The minimum absolute atomic E-state index is 0.113. The van der Waals surface area contributed by atoms with Crippen LogP contribution in [-0.2, 0) is 4.79 Å². The summed E-state index contributed by atoms with van der Waals surface area (Å²) in [5.41, 5.74) is 2.38. The Morgan fingerprint density at radius 2 is 1.89 bits per heavy atom. The predicted octanol–water partition coefficient (Wildman–Crippen LogP) is 3.69. The molecule has 1 amide bonds. The van der Waals surface area contributed by atoms with E-state index in [2.05, 4.69) is 26.6 Å². The van der Waals surface area contributed by atoms with Crippen LogP contribution in [0, 0.1) is 5.82 Å². The number of carbonyl (C=O) groups excluding carboxylic acids is 1. The van der Waals surface area contributed by atoms with Gasteiger partial charge in [0, 0.05) is 21.4 Å². The van der Waals surface area contributed by atoms with E-state index in [0.717, 1.165) is 15.7 Å². The molecule has 1 aliphatic rings. The standard InChI is InChI=1S/C14H10BrFN2O/c15-8-1-6-11-12(7-8)18-14(19)13(11)17-10-4-2-9(16)3-5-10/h1-7,13,17H,(H,18,19). The van der Waals surface area contributed by atoms with Gasteiger partial charge in [0.15, 0.2) is 0 Å². The minimum Gasteiger partial charge on any atom is -0.370 e. The highest BCUT2D eigenvalue weighted by molar-refractivity contribution is 9.10. The van der Waals surface area contributed by atoms with Gasteiger partial charge in [0.05, 0.1) is 0 Å². The molecule has 5 heteroatoms. The van der Waals surface area contributed by atoms with Gasteiger partial charge >= 0.3 is 0 Å². The van der Waals surface area contributed by atoms with Crippen molar-refractivity contribution in [2.45, 2.75) is 6.04 Å². The lowest BCUT2D eigenvalue weighted by molar-refractivity contribution is -0.116. The summed E-state index contributed by atoms with van der Waals surface area (Å²) in [5.74, 6) is -0.414. The van der Waals surface area contributed by atoms with Crippen LogP contribution in [0.3, 0.4) is 0 Å². The van der Waals surface area contributed by atoms with Crippen molar-refractivity contribution in [3.8, 4) is 0 Å². The Hall–Kier alpha value is -1.88. The summed E-state index contributed by atoms with van der Waals surface area (Å²) in [6, 6.07) is 11.1. The lowest BCUT2D eigenvalue weighted by Gasteiger charge is -2.12. The van der Waals surface area contributed by atoms with E-state index in [1.54, 1.807) is 12.1 Å². The summed E-state index contributed by atoms with van der Waals surface area (Å²) in [4.78, 5) is 12.0. The van der Waals surface area contributed by atoms with Crippen LogP contribution in [-0.4, -0.2) is 5.91 Å². The van der Waals surface area contributed by atoms with E-state index in [4.69, 9.17) is 0 Å². The van der Waals surface area contributed by atoms with E-state index in [1.165, 1.54) is 12.1 Å². The third-order valence-electron chi connectivity index (χ3n) is 3.00. The number of nitrogens with one attached hydrogen (secondary N) is 2. The lowest BCUT2D eigenvalue weighted by atomic mass is 10.1. The molecule has 2 N–H and O–H groups in total. The minimum atomic E-state index is -0.450. The number of hydrogen-bond acceptors (Lipinski definition) is 2. The van der Waals surface area contributed by atoms with Crippen molar-refractivity contribution < 1.29 is 9.18 Å². The summed E-state index contributed by atoms with van der Waals surface area (Å²) in [6.07, 6.45) is 0. The van der Waals surface area contributed by atoms with Crippen molar-refractivity contribution in [3.05, 3.63) is 58.3 Å². The van der Waals surface area contributed by atoms with Gasteiger partial charge in [0.25, 0.3) is 5.91 Å². The second kappa shape index (κ2) is 4.66. The van der Waals surface area contributed by atoms with Gasteiger partial charge < -0.3 is 10.6 Å². The molecule has 0 spiro atoms. The van der Waals surface area contributed by atoms with Crippen LogP contribution in [0.25, 0.3) is 0 Å². The third kappa shape index (κ3) is 2.33. The molecule has 1 aliphatic heterocycles. The zero-order chi connectivity index (χ0) is 13.4. The zero-order valence-electron chi connectivity index (χ0n) is 9.78. The molecule has 3 nitrogen and oxygen atoms in total. The first-order valence-corrected chi connectivity index (χ1v) is 6.55. The predicted molar refractivity (Wildman–Crippen MR) is 75.5 cm³/mol. The molecule has 2 aromatic carbocycles. The lowest BCUT2D eigenvalue weighted by Crippen LogP contribution is -2.19. The Labute approximate surface area is 118 Å². The van der Waals surface area contributed by atoms with Crippen molar-refractivity contribution >= 4 is 33.2 Å². The largest absolute Gasteiger partial charge is 0.370 e. The fourth-order valence-electron chi connectivity index (χ4n) is 2.09. The maximum atomic E-state index is 12.8. The number of benzene rings is 2. The van der Waals surface area contributed by atoms with Crippen molar-refractivity contribution in [2.75, 3.05) is 10.6 Å². The second-order valence-electron chi connectivity index (χ2n) is 4.31. The molecule has 0 saturated carbocycles. The summed E-state index contributed by atoms with van der Waals surface area (Å²) in [7, 11) is 0. The van der Waals surface area contributed by atoms with E-state index in [1.807, 2.05) is 18.2 Å². The summed E-state index contributed by atoms with van der Waals surface area (Å²) in [5, 5.41) is 5.91. The highest BCUT2D eigenvalue weighted by Gasteiger charge is 2.30. The molecule has 0 bridgehead atoms. The molecule has 2 aromatic rings. The van der Waals surface area contributed by atoms with Crippen LogP contribution in [0.5, 0.6) is 0 Å². The maximum absolute atomic E-state index is 12.8. The Morgan fingerprint density at radius 3 is 2.63 bits per heavy atom. The molecule has 96 valence electrons. The van der Waals surface area contributed by atoms with E-state index < -0.39 is 6.04 Å². The van der Waals surface area contributed by atoms with E-state index >= 15 is 0 Å². The molecule has 1 unspecified atom stereocenters. The monoisotopic (exact) mass is 320 g/mol. The number of amides is 1. The van der Waals surface area contributed by atoms with Crippen molar-refractivity contribution in [3.63, 3.8) is 0 Å². The Kier molecular flexibility index (Phi) is 2.98. The number of fused-ring (bicyclic) bond motifs is 1. The van der Waals surface area contributed by atoms with Crippen molar-refractivity contribution in [2.24, 2.45) is 0 Å². The van der Waals surface area contributed by atoms with Gasteiger partial charge in [-0.25, -0.2) is 4.39 Å². The fraction of sp³-hybridized carbons (Fsp3) is 0.0714. The van der Waals surface area contributed by atoms with Crippen LogP contribution < -0.4 is 10.6 Å². The topological polar surface area (TPSA) is 41.1 Å². The van der Waals surface area contributed by atoms with Crippen LogP contribution in [0.2, 0.25) is 0 Å². The summed E-state index contributed by atoms with van der Waals surface area (Å²) >= 11 is 3.37. The van der Waals surface area contributed by atoms with Gasteiger partial charge in [0.1, 0.15) is 11.9 Å². The molecule has 0 saturated heterocycles. The van der Waals surface area contributed by atoms with Crippen LogP contribution >= 0.6 is 15.9 Å². The normalized spacial score (nSPS) is 16.9. The molecule has 0 fully saturated rings. The average molecular weight is 321 g/mol. The highest BCUT2D eigenvalue weighted by atomic mass is 79.9. The SMILES string of the molecule is O=C1Nc2cc(Br)ccc2C1Nc1ccc(F)cc1. The molecule has 0 aromatic heterocycles. The fourth-order valence-corrected chi connectivity index (χ4v) is 2.45. The second-order valence-corrected chi connectivity index (χ2v) is 5.22. The molecule has 3 rings (SSSR count).